The van der Waals surface area contributed by atoms with Crippen LogP contribution in [0, 0.1) is 11.3 Å². The average Bonchev–Trinajstić information content (AvgIpc) is 2.67. The minimum atomic E-state index is -0.173. The highest BCUT2D eigenvalue weighted by Crippen LogP contribution is 2.24. The first-order chi connectivity index (χ1) is 12.2. The molecule has 0 spiro atoms. The molecule has 0 aromatic heterocycles. The molecular weight excluding hydrogens is 312 g/mol. The molecule has 3 rings (SSSR count). The monoisotopic (exact) mass is 328 g/mol. The highest BCUT2D eigenvalue weighted by Gasteiger charge is 2.12. The maximum Gasteiger partial charge on any atom is 0.252 e. The number of nitrogens with one attached hydrogen (secondary N) is 1. The first-order valence-corrected chi connectivity index (χ1v) is 7.83. The summed E-state index contributed by atoms with van der Waals surface area (Å²) in [6.45, 7) is 0.376. The van der Waals surface area contributed by atoms with E-state index in [1.54, 1.807) is 42.5 Å². The molecule has 0 heterocycles. The largest absolute Gasteiger partial charge is 0.508 e. The number of nitrogens with zero attached hydrogens (tertiary/aromatic N) is 1. The van der Waals surface area contributed by atoms with Crippen LogP contribution in [0.15, 0.2) is 72.8 Å². The maximum absolute atomic E-state index is 12.6. The van der Waals surface area contributed by atoms with Crippen LogP contribution in [0.3, 0.4) is 0 Å². The summed E-state index contributed by atoms with van der Waals surface area (Å²) < 4.78 is 0. The van der Waals surface area contributed by atoms with Crippen LogP contribution in [0.4, 0.5) is 0 Å². The summed E-state index contributed by atoms with van der Waals surface area (Å²) in [5, 5.41) is 21.1. The van der Waals surface area contributed by atoms with Crippen molar-refractivity contribution < 1.29 is 9.90 Å². The van der Waals surface area contributed by atoms with E-state index < -0.39 is 0 Å². The molecule has 0 saturated carbocycles. The van der Waals surface area contributed by atoms with E-state index in [1.165, 1.54) is 0 Å². The summed E-state index contributed by atoms with van der Waals surface area (Å²) in [5.74, 6) is 0.0225. The fourth-order valence-corrected chi connectivity index (χ4v) is 2.55. The standard InChI is InChI=1S/C21H16N2O2/c22-13-15-5-9-17(10-6-15)19-3-1-2-4-20(19)21(25)23-14-16-7-11-18(24)12-8-16/h1-12,24H,14H2,(H,23,25). The highest BCUT2D eigenvalue weighted by molar-refractivity contribution is 6.00. The summed E-state index contributed by atoms with van der Waals surface area (Å²) in [7, 11) is 0. The van der Waals surface area contributed by atoms with Crippen LogP contribution >= 0.6 is 0 Å². The number of nitriles is 1. The van der Waals surface area contributed by atoms with E-state index in [2.05, 4.69) is 11.4 Å². The Morgan fingerprint density at radius 3 is 2.32 bits per heavy atom. The number of benzene rings is 3. The van der Waals surface area contributed by atoms with Crippen LogP contribution in [0.1, 0.15) is 21.5 Å². The molecule has 122 valence electrons. The van der Waals surface area contributed by atoms with Gasteiger partial charge in [-0.25, -0.2) is 0 Å². The number of hydrogen-bond donors (Lipinski definition) is 2. The number of phenolic OH excluding ortho intramolecular Hbond substituents is 1. The number of carbonyl (C=O) groups is 1. The molecule has 1 amide bonds. The Balaban J connectivity index is 1.80. The topological polar surface area (TPSA) is 73.1 Å². The molecule has 0 unspecified atom stereocenters. The molecule has 4 nitrogen and oxygen atoms in total. The van der Waals surface area contributed by atoms with Crippen LogP contribution in [-0.4, -0.2) is 11.0 Å². The van der Waals surface area contributed by atoms with Gasteiger partial charge in [0.25, 0.3) is 5.91 Å². The van der Waals surface area contributed by atoms with E-state index >= 15 is 0 Å². The van der Waals surface area contributed by atoms with Crippen molar-refractivity contribution in [1.29, 1.82) is 5.26 Å². The second-order valence-electron chi connectivity index (χ2n) is 5.58. The molecule has 3 aromatic rings. The summed E-state index contributed by atoms with van der Waals surface area (Å²) in [6.07, 6.45) is 0. The molecule has 0 aliphatic heterocycles. The molecule has 4 heteroatoms. The SMILES string of the molecule is N#Cc1ccc(-c2ccccc2C(=O)NCc2ccc(O)cc2)cc1. The van der Waals surface area contributed by atoms with Gasteiger partial charge in [-0.15, -0.1) is 0 Å². The second-order valence-corrected chi connectivity index (χ2v) is 5.58. The molecule has 0 aliphatic rings. The Bertz CT molecular complexity index is 923. The first-order valence-electron chi connectivity index (χ1n) is 7.83. The molecule has 0 aliphatic carbocycles. The Labute approximate surface area is 146 Å². The smallest absolute Gasteiger partial charge is 0.252 e. The third-order valence-electron chi connectivity index (χ3n) is 3.89. The van der Waals surface area contributed by atoms with Gasteiger partial charge in [0, 0.05) is 12.1 Å². The Morgan fingerprint density at radius 1 is 0.960 bits per heavy atom. The fourth-order valence-electron chi connectivity index (χ4n) is 2.55. The molecule has 0 bridgehead atoms. The third-order valence-corrected chi connectivity index (χ3v) is 3.89. The van der Waals surface area contributed by atoms with E-state index in [1.807, 2.05) is 30.3 Å². The van der Waals surface area contributed by atoms with E-state index in [4.69, 9.17) is 5.26 Å². The second kappa shape index (κ2) is 7.33. The van der Waals surface area contributed by atoms with E-state index in [9.17, 15) is 9.90 Å². The Morgan fingerprint density at radius 2 is 1.64 bits per heavy atom. The van der Waals surface area contributed by atoms with Gasteiger partial charge in [-0.2, -0.15) is 5.26 Å². The minimum Gasteiger partial charge on any atom is -0.508 e. The van der Waals surface area contributed by atoms with Gasteiger partial charge in [0.1, 0.15) is 5.75 Å². The van der Waals surface area contributed by atoms with E-state index in [-0.39, 0.29) is 11.7 Å². The summed E-state index contributed by atoms with van der Waals surface area (Å²) in [4.78, 5) is 12.6. The quantitative estimate of drug-likeness (QED) is 0.764. The predicted molar refractivity (Wildman–Crippen MR) is 95.9 cm³/mol. The van der Waals surface area contributed by atoms with Crippen LogP contribution in [0.25, 0.3) is 11.1 Å². The van der Waals surface area contributed by atoms with Gasteiger partial charge in [0.15, 0.2) is 0 Å². The van der Waals surface area contributed by atoms with Crippen LogP contribution < -0.4 is 5.32 Å². The molecular formula is C21H16N2O2. The lowest BCUT2D eigenvalue weighted by molar-refractivity contribution is 0.0951. The molecule has 0 atom stereocenters. The van der Waals surface area contributed by atoms with Crippen molar-refractivity contribution in [3.05, 3.63) is 89.5 Å². The van der Waals surface area contributed by atoms with Gasteiger partial charge in [-0.3, -0.25) is 4.79 Å². The minimum absolute atomic E-state index is 0.173. The van der Waals surface area contributed by atoms with E-state index in [0.717, 1.165) is 16.7 Å². The molecule has 3 aromatic carbocycles. The Kier molecular flexibility index (Phi) is 4.77. The van der Waals surface area contributed by atoms with Gasteiger partial charge in [-0.1, -0.05) is 42.5 Å². The normalized spacial score (nSPS) is 10.0. The van der Waals surface area contributed by atoms with Crippen molar-refractivity contribution in [1.82, 2.24) is 5.32 Å². The molecule has 0 radical (unpaired) electrons. The van der Waals surface area contributed by atoms with E-state index in [0.29, 0.717) is 17.7 Å². The van der Waals surface area contributed by atoms with Crippen LogP contribution in [0.5, 0.6) is 5.75 Å². The summed E-state index contributed by atoms with van der Waals surface area (Å²) in [6, 6.07) is 23.3. The lowest BCUT2D eigenvalue weighted by Crippen LogP contribution is -2.23. The first kappa shape index (κ1) is 16.3. The summed E-state index contributed by atoms with van der Waals surface area (Å²) >= 11 is 0. The van der Waals surface area contributed by atoms with Crippen molar-refractivity contribution in [3.63, 3.8) is 0 Å². The molecule has 0 fully saturated rings. The lowest BCUT2D eigenvalue weighted by Gasteiger charge is -2.11. The summed E-state index contributed by atoms with van der Waals surface area (Å²) in [5.41, 5.74) is 3.76. The van der Waals surface area contributed by atoms with Crippen molar-refractivity contribution in [2.45, 2.75) is 6.54 Å². The van der Waals surface area contributed by atoms with Crippen molar-refractivity contribution in [3.8, 4) is 22.9 Å². The van der Waals surface area contributed by atoms with Crippen molar-refractivity contribution >= 4 is 5.91 Å². The lowest BCUT2D eigenvalue weighted by atomic mass is 9.98. The van der Waals surface area contributed by atoms with Crippen LogP contribution in [-0.2, 0) is 6.54 Å². The van der Waals surface area contributed by atoms with Gasteiger partial charge in [0.05, 0.1) is 11.6 Å². The number of phenols is 1. The average molecular weight is 328 g/mol. The highest BCUT2D eigenvalue weighted by atomic mass is 16.3. The van der Waals surface area contributed by atoms with Gasteiger partial charge < -0.3 is 10.4 Å². The van der Waals surface area contributed by atoms with Gasteiger partial charge >= 0.3 is 0 Å². The molecule has 25 heavy (non-hydrogen) atoms. The fraction of sp³-hybridized carbons (Fsp3) is 0.0476. The van der Waals surface area contributed by atoms with Crippen molar-refractivity contribution in [2.75, 3.05) is 0 Å². The maximum atomic E-state index is 12.6. The third kappa shape index (κ3) is 3.85. The van der Waals surface area contributed by atoms with Crippen molar-refractivity contribution in [2.24, 2.45) is 0 Å². The number of carbonyl (C=O) groups excluding carboxylic acids is 1. The number of rotatable bonds is 4. The van der Waals surface area contributed by atoms with Gasteiger partial charge in [0.2, 0.25) is 0 Å². The number of hydrogen-bond acceptors (Lipinski definition) is 3. The number of aromatic hydroxyl groups is 1. The molecule has 0 saturated heterocycles. The zero-order valence-corrected chi connectivity index (χ0v) is 13.4. The number of amides is 1. The van der Waals surface area contributed by atoms with Crippen LogP contribution in [0.2, 0.25) is 0 Å². The zero-order chi connectivity index (χ0) is 17.6. The Hall–Kier alpha value is -3.58. The molecule has 2 N–H and O–H groups in total. The zero-order valence-electron chi connectivity index (χ0n) is 13.4. The van der Waals surface area contributed by atoms with Gasteiger partial charge in [-0.05, 0) is 47.0 Å². The predicted octanol–water partition coefficient (Wildman–Crippen LogP) is 3.86.